The van der Waals surface area contributed by atoms with Crippen molar-refractivity contribution in [2.75, 3.05) is 13.1 Å². The van der Waals surface area contributed by atoms with E-state index in [0.717, 1.165) is 25.6 Å². The van der Waals surface area contributed by atoms with E-state index in [2.05, 4.69) is 43.0 Å². The number of aromatic nitrogens is 2. The Morgan fingerprint density at radius 1 is 1.47 bits per heavy atom. The number of rotatable bonds is 5. The number of nitrogens with two attached hydrogens (primary N) is 1. The summed E-state index contributed by atoms with van der Waals surface area (Å²) in [6.07, 6.45) is 5.92. The van der Waals surface area contributed by atoms with Gasteiger partial charge in [0.1, 0.15) is 0 Å². The number of piperidine rings is 1. The maximum absolute atomic E-state index is 5.95. The number of hydrogen-bond donors (Lipinski definition) is 1. The van der Waals surface area contributed by atoms with Crippen LogP contribution in [0.3, 0.4) is 0 Å². The first-order chi connectivity index (χ1) is 9.13. The molecule has 0 saturated carbocycles. The Balaban J connectivity index is 1.97. The molecule has 1 aliphatic heterocycles. The highest BCUT2D eigenvalue weighted by Crippen LogP contribution is 2.26. The van der Waals surface area contributed by atoms with E-state index in [9.17, 15) is 0 Å². The average molecular weight is 264 g/mol. The predicted molar refractivity (Wildman–Crippen MR) is 78.9 cm³/mol. The fourth-order valence-electron chi connectivity index (χ4n) is 2.96. The molecule has 108 valence electrons. The Kier molecular flexibility index (Phi) is 4.99. The van der Waals surface area contributed by atoms with Gasteiger partial charge in [0, 0.05) is 31.4 Å². The third-order valence-corrected chi connectivity index (χ3v) is 4.35. The zero-order chi connectivity index (χ0) is 13.8. The lowest BCUT2D eigenvalue weighted by atomic mass is 9.89. The smallest absolute Gasteiger partial charge is 0.0765 e. The highest BCUT2D eigenvalue weighted by atomic mass is 15.3. The Morgan fingerprint density at radius 3 is 2.84 bits per heavy atom. The molecule has 1 aliphatic rings. The molecule has 4 heteroatoms. The Hall–Kier alpha value is -0.870. The predicted octanol–water partition coefficient (Wildman–Crippen LogP) is 2.41. The van der Waals surface area contributed by atoms with Crippen LogP contribution in [0.2, 0.25) is 0 Å². The molecule has 1 aromatic rings. The molecule has 2 N–H and O–H groups in total. The highest BCUT2D eigenvalue weighted by molar-refractivity contribution is 5.00. The van der Waals surface area contributed by atoms with Gasteiger partial charge < -0.3 is 5.73 Å². The first-order valence-corrected chi connectivity index (χ1v) is 7.62. The van der Waals surface area contributed by atoms with Gasteiger partial charge in [-0.3, -0.25) is 9.58 Å². The summed E-state index contributed by atoms with van der Waals surface area (Å²) in [4.78, 5) is 2.51. The van der Waals surface area contributed by atoms with Gasteiger partial charge in [-0.25, -0.2) is 0 Å². The molecule has 1 aromatic heterocycles. The molecular formula is C15H28N4. The maximum Gasteiger partial charge on any atom is 0.0765 e. The van der Waals surface area contributed by atoms with Gasteiger partial charge >= 0.3 is 0 Å². The Labute approximate surface area is 117 Å². The lowest BCUT2D eigenvalue weighted by Crippen LogP contribution is -2.46. The minimum Gasteiger partial charge on any atom is -0.329 e. The first-order valence-electron chi connectivity index (χ1n) is 7.62. The van der Waals surface area contributed by atoms with Gasteiger partial charge in [-0.05, 0) is 45.2 Å². The van der Waals surface area contributed by atoms with E-state index >= 15 is 0 Å². The lowest BCUT2D eigenvalue weighted by Gasteiger charge is -2.38. The third-order valence-electron chi connectivity index (χ3n) is 4.35. The number of hydrogen-bond acceptors (Lipinski definition) is 3. The van der Waals surface area contributed by atoms with Crippen molar-refractivity contribution in [1.82, 2.24) is 14.7 Å². The standard InChI is InChI=1S/C15H28N4/c1-4-13-5-7-18(15(9-13)10-16)11-14-6-8-19(17-14)12(2)3/h6,8,12-13,15H,4-5,7,9-11,16H2,1-3H3. The molecule has 0 spiro atoms. The zero-order valence-electron chi connectivity index (χ0n) is 12.5. The van der Waals surface area contributed by atoms with Crippen molar-refractivity contribution in [3.63, 3.8) is 0 Å². The average Bonchev–Trinajstić information content (AvgIpc) is 2.88. The van der Waals surface area contributed by atoms with Crippen molar-refractivity contribution in [1.29, 1.82) is 0 Å². The van der Waals surface area contributed by atoms with Crippen LogP contribution in [0.1, 0.15) is 51.8 Å². The fourth-order valence-corrected chi connectivity index (χ4v) is 2.96. The van der Waals surface area contributed by atoms with Crippen LogP contribution in [-0.4, -0.2) is 33.8 Å². The molecule has 0 aliphatic carbocycles. The minimum atomic E-state index is 0.435. The highest BCUT2D eigenvalue weighted by Gasteiger charge is 2.26. The van der Waals surface area contributed by atoms with Gasteiger partial charge in [-0.1, -0.05) is 13.3 Å². The molecular weight excluding hydrogens is 236 g/mol. The molecule has 2 atom stereocenters. The largest absolute Gasteiger partial charge is 0.329 e. The summed E-state index contributed by atoms with van der Waals surface area (Å²) in [6.45, 7) is 9.48. The molecule has 0 amide bonds. The quantitative estimate of drug-likeness (QED) is 0.888. The van der Waals surface area contributed by atoms with Gasteiger partial charge in [0.2, 0.25) is 0 Å². The molecule has 2 unspecified atom stereocenters. The van der Waals surface area contributed by atoms with Gasteiger partial charge in [-0.2, -0.15) is 5.10 Å². The van der Waals surface area contributed by atoms with Crippen molar-refractivity contribution in [2.24, 2.45) is 11.7 Å². The molecule has 19 heavy (non-hydrogen) atoms. The molecule has 0 radical (unpaired) electrons. The van der Waals surface area contributed by atoms with Crippen LogP contribution in [0, 0.1) is 5.92 Å². The minimum absolute atomic E-state index is 0.435. The van der Waals surface area contributed by atoms with E-state index in [4.69, 9.17) is 5.73 Å². The van der Waals surface area contributed by atoms with Gasteiger partial charge in [0.15, 0.2) is 0 Å². The zero-order valence-corrected chi connectivity index (χ0v) is 12.5. The van der Waals surface area contributed by atoms with Crippen molar-refractivity contribution < 1.29 is 0 Å². The molecule has 2 heterocycles. The summed E-state index contributed by atoms with van der Waals surface area (Å²) in [5.41, 5.74) is 7.12. The van der Waals surface area contributed by atoms with Crippen LogP contribution in [0.5, 0.6) is 0 Å². The monoisotopic (exact) mass is 264 g/mol. The van der Waals surface area contributed by atoms with E-state index < -0.39 is 0 Å². The second kappa shape index (κ2) is 6.53. The fraction of sp³-hybridized carbons (Fsp3) is 0.800. The van der Waals surface area contributed by atoms with E-state index in [1.165, 1.54) is 25.0 Å². The van der Waals surface area contributed by atoms with Crippen molar-refractivity contribution in [3.8, 4) is 0 Å². The van der Waals surface area contributed by atoms with Gasteiger partial charge in [0.25, 0.3) is 0 Å². The normalized spacial score (nSPS) is 25.1. The van der Waals surface area contributed by atoms with Crippen molar-refractivity contribution >= 4 is 0 Å². The summed E-state index contributed by atoms with van der Waals surface area (Å²) in [5.74, 6) is 0.859. The van der Waals surface area contributed by atoms with Crippen LogP contribution in [-0.2, 0) is 6.54 Å². The third kappa shape index (κ3) is 3.57. The maximum atomic E-state index is 5.95. The summed E-state index contributed by atoms with van der Waals surface area (Å²) in [6, 6.07) is 3.10. The first kappa shape index (κ1) is 14.5. The van der Waals surface area contributed by atoms with Crippen molar-refractivity contribution in [3.05, 3.63) is 18.0 Å². The Bertz CT molecular complexity index is 385. The summed E-state index contributed by atoms with van der Waals surface area (Å²) < 4.78 is 2.03. The van der Waals surface area contributed by atoms with Crippen LogP contribution < -0.4 is 5.73 Å². The number of nitrogens with zero attached hydrogens (tertiary/aromatic N) is 3. The summed E-state index contributed by atoms with van der Waals surface area (Å²) in [5, 5.41) is 4.65. The second-order valence-electron chi connectivity index (χ2n) is 6.04. The van der Waals surface area contributed by atoms with Crippen LogP contribution in [0.4, 0.5) is 0 Å². The van der Waals surface area contributed by atoms with E-state index in [1.54, 1.807) is 0 Å². The van der Waals surface area contributed by atoms with Crippen LogP contribution in [0.15, 0.2) is 12.3 Å². The summed E-state index contributed by atoms with van der Waals surface area (Å²) >= 11 is 0. The SMILES string of the molecule is CCC1CCN(Cc2ccn(C(C)C)n2)C(CN)C1. The van der Waals surface area contributed by atoms with Crippen LogP contribution >= 0.6 is 0 Å². The summed E-state index contributed by atoms with van der Waals surface area (Å²) in [7, 11) is 0. The molecule has 2 rings (SSSR count). The van der Waals surface area contributed by atoms with E-state index in [0.29, 0.717) is 12.1 Å². The van der Waals surface area contributed by atoms with Crippen molar-refractivity contribution in [2.45, 2.75) is 58.7 Å². The molecule has 1 fully saturated rings. The molecule has 0 aromatic carbocycles. The Morgan fingerprint density at radius 2 is 2.26 bits per heavy atom. The molecule has 4 nitrogen and oxygen atoms in total. The van der Waals surface area contributed by atoms with Gasteiger partial charge in [-0.15, -0.1) is 0 Å². The molecule has 0 bridgehead atoms. The van der Waals surface area contributed by atoms with E-state index in [1.807, 2.05) is 4.68 Å². The van der Waals surface area contributed by atoms with E-state index in [-0.39, 0.29) is 0 Å². The molecule has 1 saturated heterocycles. The van der Waals surface area contributed by atoms with Gasteiger partial charge in [0.05, 0.1) is 5.69 Å². The topological polar surface area (TPSA) is 47.1 Å². The lowest BCUT2D eigenvalue weighted by molar-refractivity contribution is 0.106. The van der Waals surface area contributed by atoms with Crippen LogP contribution in [0.25, 0.3) is 0 Å². The second-order valence-corrected chi connectivity index (χ2v) is 6.04. The number of likely N-dealkylation sites (tertiary alicyclic amines) is 1.